The second-order valence-electron chi connectivity index (χ2n) is 3.22. The fourth-order valence-corrected chi connectivity index (χ4v) is 1.41. The quantitative estimate of drug-likeness (QED) is 0.613. The average Bonchev–Trinajstić information content (AvgIpc) is 1.84. The standard InChI is InChI=1S/C10H16O/c1-2-3-4-8-10(11)9-6-5-7-9/h9-11H,4-8H2,1H3. The summed E-state index contributed by atoms with van der Waals surface area (Å²) in [6.07, 6.45) is 5.40. The first kappa shape index (κ1) is 8.62. The molecule has 1 rings (SSSR count). The lowest BCUT2D eigenvalue weighted by Gasteiger charge is -2.29. The molecule has 0 bridgehead atoms. The van der Waals surface area contributed by atoms with E-state index in [0.29, 0.717) is 5.92 Å². The Kier molecular flexibility index (Phi) is 3.45. The molecule has 0 heterocycles. The molecule has 1 fully saturated rings. The van der Waals surface area contributed by atoms with E-state index >= 15 is 0 Å². The Morgan fingerprint density at radius 1 is 1.55 bits per heavy atom. The topological polar surface area (TPSA) is 20.2 Å². The molecule has 0 radical (unpaired) electrons. The molecule has 1 nitrogen and oxygen atoms in total. The predicted molar refractivity (Wildman–Crippen MR) is 46.0 cm³/mol. The second-order valence-corrected chi connectivity index (χ2v) is 3.22. The largest absolute Gasteiger partial charge is 0.393 e. The molecule has 0 amide bonds. The average molecular weight is 152 g/mol. The van der Waals surface area contributed by atoms with E-state index in [1.165, 1.54) is 19.3 Å². The van der Waals surface area contributed by atoms with Crippen molar-refractivity contribution in [3.05, 3.63) is 0 Å². The SMILES string of the molecule is CC#CCCC(O)C1CCC1. The van der Waals surface area contributed by atoms with Gasteiger partial charge in [0.1, 0.15) is 0 Å². The monoisotopic (exact) mass is 152 g/mol. The van der Waals surface area contributed by atoms with Crippen LogP contribution < -0.4 is 0 Å². The van der Waals surface area contributed by atoms with Gasteiger partial charge in [-0.05, 0) is 32.1 Å². The minimum absolute atomic E-state index is 0.0791. The summed E-state index contributed by atoms with van der Waals surface area (Å²) in [5, 5.41) is 9.53. The summed E-state index contributed by atoms with van der Waals surface area (Å²) >= 11 is 0. The summed E-state index contributed by atoms with van der Waals surface area (Å²) in [4.78, 5) is 0. The van der Waals surface area contributed by atoms with Crippen LogP contribution in [-0.2, 0) is 0 Å². The van der Waals surface area contributed by atoms with Gasteiger partial charge < -0.3 is 5.11 Å². The van der Waals surface area contributed by atoms with Crippen LogP contribution in [0.1, 0.15) is 39.0 Å². The van der Waals surface area contributed by atoms with Crippen molar-refractivity contribution in [1.29, 1.82) is 0 Å². The highest BCUT2D eigenvalue weighted by Crippen LogP contribution is 2.31. The zero-order valence-corrected chi connectivity index (χ0v) is 7.14. The van der Waals surface area contributed by atoms with Gasteiger partial charge in [0.15, 0.2) is 0 Å². The zero-order chi connectivity index (χ0) is 8.10. The highest BCUT2D eigenvalue weighted by atomic mass is 16.3. The van der Waals surface area contributed by atoms with Crippen molar-refractivity contribution in [3.8, 4) is 11.8 Å². The van der Waals surface area contributed by atoms with Crippen molar-refractivity contribution in [2.75, 3.05) is 0 Å². The number of rotatable bonds is 3. The molecule has 1 unspecified atom stereocenters. The van der Waals surface area contributed by atoms with E-state index in [2.05, 4.69) is 11.8 Å². The summed E-state index contributed by atoms with van der Waals surface area (Å²) in [7, 11) is 0. The lowest BCUT2D eigenvalue weighted by Crippen LogP contribution is -2.26. The van der Waals surface area contributed by atoms with E-state index < -0.39 is 0 Å². The van der Waals surface area contributed by atoms with Crippen LogP contribution in [0.15, 0.2) is 0 Å². The van der Waals surface area contributed by atoms with Gasteiger partial charge in [0, 0.05) is 6.42 Å². The van der Waals surface area contributed by atoms with E-state index in [0.717, 1.165) is 12.8 Å². The van der Waals surface area contributed by atoms with E-state index in [1.807, 2.05) is 6.92 Å². The predicted octanol–water partition coefficient (Wildman–Crippen LogP) is 1.95. The molecular weight excluding hydrogens is 136 g/mol. The van der Waals surface area contributed by atoms with Gasteiger partial charge >= 0.3 is 0 Å². The third-order valence-corrected chi connectivity index (χ3v) is 2.44. The van der Waals surface area contributed by atoms with E-state index in [-0.39, 0.29) is 6.10 Å². The third-order valence-electron chi connectivity index (χ3n) is 2.44. The number of hydrogen-bond acceptors (Lipinski definition) is 1. The van der Waals surface area contributed by atoms with Crippen LogP contribution in [0, 0.1) is 17.8 Å². The molecule has 1 atom stereocenters. The maximum Gasteiger partial charge on any atom is 0.0577 e. The number of hydrogen-bond donors (Lipinski definition) is 1. The Hall–Kier alpha value is -0.480. The molecule has 1 heteroatoms. The Labute approximate surface area is 68.8 Å². The van der Waals surface area contributed by atoms with Crippen molar-refractivity contribution in [3.63, 3.8) is 0 Å². The van der Waals surface area contributed by atoms with Crippen molar-refractivity contribution in [2.24, 2.45) is 5.92 Å². The van der Waals surface area contributed by atoms with Crippen LogP contribution in [0.25, 0.3) is 0 Å². The summed E-state index contributed by atoms with van der Waals surface area (Å²) in [6.45, 7) is 1.84. The first-order valence-corrected chi connectivity index (χ1v) is 4.42. The van der Waals surface area contributed by atoms with Gasteiger partial charge in [-0.3, -0.25) is 0 Å². The van der Waals surface area contributed by atoms with Crippen LogP contribution in [0.3, 0.4) is 0 Å². The molecule has 1 N–H and O–H groups in total. The first-order chi connectivity index (χ1) is 5.34. The highest BCUT2D eigenvalue weighted by Gasteiger charge is 2.24. The van der Waals surface area contributed by atoms with Gasteiger partial charge in [0.2, 0.25) is 0 Å². The Morgan fingerprint density at radius 3 is 2.73 bits per heavy atom. The minimum Gasteiger partial charge on any atom is -0.393 e. The van der Waals surface area contributed by atoms with Gasteiger partial charge in [-0.25, -0.2) is 0 Å². The molecule has 62 valence electrons. The Balaban J connectivity index is 2.08. The van der Waals surface area contributed by atoms with Crippen molar-refractivity contribution in [2.45, 2.75) is 45.1 Å². The molecule has 11 heavy (non-hydrogen) atoms. The number of aliphatic hydroxyl groups excluding tert-OH is 1. The molecule has 1 saturated carbocycles. The van der Waals surface area contributed by atoms with Crippen LogP contribution in [0.4, 0.5) is 0 Å². The second kappa shape index (κ2) is 4.41. The smallest absolute Gasteiger partial charge is 0.0577 e. The van der Waals surface area contributed by atoms with Crippen LogP contribution in [-0.4, -0.2) is 11.2 Å². The zero-order valence-electron chi connectivity index (χ0n) is 7.14. The maximum atomic E-state index is 9.53. The molecule has 0 aromatic carbocycles. The van der Waals surface area contributed by atoms with Crippen molar-refractivity contribution < 1.29 is 5.11 Å². The summed E-state index contributed by atoms with van der Waals surface area (Å²) in [6, 6.07) is 0. The van der Waals surface area contributed by atoms with Gasteiger partial charge in [-0.2, -0.15) is 0 Å². The molecule has 1 aliphatic carbocycles. The van der Waals surface area contributed by atoms with Gasteiger partial charge in [-0.15, -0.1) is 11.8 Å². The first-order valence-electron chi connectivity index (χ1n) is 4.42. The lowest BCUT2D eigenvalue weighted by molar-refractivity contribution is 0.0570. The lowest BCUT2D eigenvalue weighted by atomic mass is 9.80. The van der Waals surface area contributed by atoms with Crippen molar-refractivity contribution in [1.82, 2.24) is 0 Å². The maximum absolute atomic E-state index is 9.53. The van der Waals surface area contributed by atoms with Crippen LogP contribution >= 0.6 is 0 Å². The minimum atomic E-state index is -0.0791. The fraction of sp³-hybridized carbons (Fsp3) is 0.800. The molecule has 0 aromatic rings. The Morgan fingerprint density at radius 2 is 2.27 bits per heavy atom. The number of aliphatic hydroxyl groups is 1. The molecule has 1 aliphatic rings. The molecular formula is C10H16O. The van der Waals surface area contributed by atoms with Gasteiger partial charge in [0.25, 0.3) is 0 Å². The molecule has 0 aliphatic heterocycles. The highest BCUT2D eigenvalue weighted by molar-refractivity contribution is 4.95. The van der Waals surface area contributed by atoms with E-state index in [1.54, 1.807) is 0 Å². The summed E-state index contributed by atoms with van der Waals surface area (Å²) < 4.78 is 0. The molecule has 0 spiro atoms. The van der Waals surface area contributed by atoms with Gasteiger partial charge in [-0.1, -0.05) is 6.42 Å². The van der Waals surface area contributed by atoms with Gasteiger partial charge in [0.05, 0.1) is 6.10 Å². The van der Waals surface area contributed by atoms with Crippen molar-refractivity contribution >= 4 is 0 Å². The third kappa shape index (κ3) is 2.55. The van der Waals surface area contributed by atoms with E-state index in [9.17, 15) is 5.11 Å². The summed E-state index contributed by atoms with van der Waals surface area (Å²) in [5.74, 6) is 6.40. The Bertz CT molecular complexity index is 159. The normalized spacial score (nSPS) is 19.8. The summed E-state index contributed by atoms with van der Waals surface area (Å²) in [5.41, 5.74) is 0. The fourth-order valence-electron chi connectivity index (χ4n) is 1.41. The molecule has 0 aromatic heterocycles. The van der Waals surface area contributed by atoms with E-state index in [4.69, 9.17) is 0 Å². The molecule has 0 saturated heterocycles. The van der Waals surface area contributed by atoms with Crippen LogP contribution in [0.2, 0.25) is 0 Å². The van der Waals surface area contributed by atoms with Crippen LogP contribution in [0.5, 0.6) is 0 Å².